The number of aromatic amines is 1. The summed E-state index contributed by atoms with van der Waals surface area (Å²) in [5.41, 5.74) is 0.916. The van der Waals surface area contributed by atoms with Crippen LogP contribution in [0.25, 0.3) is 10.6 Å². The molecule has 3 N–H and O–H groups in total. The molecule has 1 fully saturated rings. The van der Waals surface area contributed by atoms with E-state index in [4.69, 9.17) is 0 Å². The van der Waals surface area contributed by atoms with E-state index >= 15 is 0 Å². The van der Waals surface area contributed by atoms with Crippen molar-refractivity contribution in [3.8, 4) is 10.6 Å². The molecule has 0 aliphatic carbocycles. The maximum atomic E-state index is 12.3. The Labute approximate surface area is 147 Å². The predicted molar refractivity (Wildman–Crippen MR) is 95.7 cm³/mol. The van der Waals surface area contributed by atoms with Gasteiger partial charge < -0.3 is 10.6 Å². The Balaban J connectivity index is 0.00000176. The van der Waals surface area contributed by atoms with E-state index < -0.39 is 0 Å². The molecule has 1 aliphatic heterocycles. The number of carbonyl (C=O) groups excluding carboxylic acids is 1. The van der Waals surface area contributed by atoms with Crippen LogP contribution in [0.5, 0.6) is 0 Å². The lowest BCUT2D eigenvalue weighted by Crippen LogP contribution is -2.40. The van der Waals surface area contributed by atoms with Crippen LogP contribution in [0.1, 0.15) is 19.8 Å². The second-order valence-corrected chi connectivity index (χ2v) is 7.80. The average Bonchev–Trinajstić information content (AvgIpc) is 3.07. The number of amides is 1. The zero-order valence-electron chi connectivity index (χ0n) is 12.1. The second kappa shape index (κ2) is 7.59. The molecule has 0 bridgehead atoms. The van der Waals surface area contributed by atoms with Crippen LogP contribution in [-0.2, 0) is 4.79 Å². The van der Waals surface area contributed by atoms with Crippen molar-refractivity contribution in [3.63, 3.8) is 0 Å². The number of halogens is 2. The van der Waals surface area contributed by atoms with Gasteiger partial charge in [-0.3, -0.25) is 9.89 Å². The molecule has 0 spiro atoms. The van der Waals surface area contributed by atoms with Gasteiger partial charge in [0.25, 0.3) is 0 Å². The summed E-state index contributed by atoms with van der Waals surface area (Å²) in [4.78, 5) is 13.4. The fourth-order valence-electron chi connectivity index (χ4n) is 2.57. The lowest BCUT2D eigenvalue weighted by atomic mass is 9.92. The summed E-state index contributed by atoms with van der Waals surface area (Å²) >= 11 is 5.07. The van der Waals surface area contributed by atoms with Crippen LogP contribution in [-0.4, -0.2) is 28.7 Å². The maximum Gasteiger partial charge on any atom is 0.228 e. The van der Waals surface area contributed by atoms with E-state index in [2.05, 4.69) is 43.7 Å². The van der Waals surface area contributed by atoms with Crippen LogP contribution in [0.3, 0.4) is 0 Å². The molecule has 1 saturated heterocycles. The molecule has 8 heteroatoms. The molecule has 22 heavy (non-hydrogen) atoms. The minimum atomic E-state index is 0. The molecule has 3 rings (SSSR count). The summed E-state index contributed by atoms with van der Waals surface area (Å²) in [6.07, 6.45) is 1.76. The number of rotatable bonds is 3. The topological polar surface area (TPSA) is 69.8 Å². The van der Waals surface area contributed by atoms with Crippen LogP contribution in [0.15, 0.2) is 22.0 Å². The fourth-order valence-corrected chi connectivity index (χ4v) is 3.92. The third-order valence-electron chi connectivity index (χ3n) is 3.66. The number of H-pyrrole nitrogens is 1. The molecular weight excluding hydrogens is 388 g/mol. The number of piperidine rings is 1. The molecule has 2 aromatic rings. The first-order chi connectivity index (χ1) is 10.1. The predicted octanol–water partition coefficient (Wildman–Crippen LogP) is 3.65. The van der Waals surface area contributed by atoms with Gasteiger partial charge in [-0.15, -0.1) is 23.7 Å². The first-order valence-electron chi connectivity index (χ1n) is 6.97. The molecule has 0 aromatic carbocycles. The Hall–Kier alpha value is -0.890. The second-order valence-electron chi connectivity index (χ2n) is 5.34. The summed E-state index contributed by atoms with van der Waals surface area (Å²) < 4.78 is 1.07. The summed E-state index contributed by atoms with van der Waals surface area (Å²) in [5.74, 6) is 0.719. The minimum Gasteiger partial charge on any atom is -0.314 e. The Morgan fingerprint density at radius 1 is 1.50 bits per heavy atom. The van der Waals surface area contributed by atoms with E-state index in [1.165, 1.54) is 0 Å². The minimum absolute atomic E-state index is 0. The van der Waals surface area contributed by atoms with Crippen molar-refractivity contribution in [2.75, 3.05) is 11.9 Å². The van der Waals surface area contributed by atoms with Gasteiger partial charge in [-0.2, -0.15) is 5.10 Å². The molecule has 2 aromatic heterocycles. The summed E-state index contributed by atoms with van der Waals surface area (Å²) in [6, 6.07) is 6.28. The van der Waals surface area contributed by atoms with E-state index in [0.29, 0.717) is 11.9 Å². The number of anilines is 1. The van der Waals surface area contributed by atoms with Gasteiger partial charge in [0.15, 0.2) is 5.82 Å². The molecule has 3 heterocycles. The summed E-state index contributed by atoms with van der Waals surface area (Å²) in [5, 5.41) is 13.4. The highest BCUT2D eigenvalue weighted by molar-refractivity contribution is 9.11. The van der Waals surface area contributed by atoms with Crippen LogP contribution in [0.4, 0.5) is 5.82 Å². The number of hydrogen-bond acceptors (Lipinski definition) is 4. The molecule has 0 saturated carbocycles. The summed E-state index contributed by atoms with van der Waals surface area (Å²) in [6.45, 7) is 3.01. The summed E-state index contributed by atoms with van der Waals surface area (Å²) in [7, 11) is 0. The van der Waals surface area contributed by atoms with Crippen LogP contribution >= 0.6 is 39.7 Å². The Kier molecular flexibility index (Phi) is 6.02. The number of aromatic nitrogens is 2. The van der Waals surface area contributed by atoms with Gasteiger partial charge in [-0.25, -0.2) is 0 Å². The largest absolute Gasteiger partial charge is 0.314 e. The van der Waals surface area contributed by atoms with Crippen LogP contribution in [0.2, 0.25) is 0 Å². The van der Waals surface area contributed by atoms with Crippen molar-refractivity contribution < 1.29 is 4.79 Å². The van der Waals surface area contributed by atoms with Crippen LogP contribution in [0, 0.1) is 5.92 Å². The van der Waals surface area contributed by atoms with Crippen molar-refractivity contribution >= 4 is 51.4 Å². The van der Waals surface area contributed by atoms with Crippen molar-refractivity contribution in [2.24, 2.45) is 5.92 Å². The van der Waals surface area contributed by atoms with Crippen molar-refractivity contribution in [3.05, 3.63) is 22.0 Å². The van der Waals surface area contributed by atoms with Crippen LogP contribution < -0.4 is 10.6 Å². The SMILES string of the molecule is C[C@H]1C[C@@H](C(=O)Nc2cc(-c3ccc(Br)s3)[nH]n2)CCN1.Cl. The normalized spacial score (nSPS) is 21.2. The molecular formula is C14H18BrClN4OS. The third kappa shape index (κ3) is 4.10. The zero-order chi connectivity index (χ0) is 14.8. The van der Waals surface area contributed by atoms with E-state index in [1.54, 1.807) is 11.3 Å². The number of nitrogens with one attached hydrogen (secondary N) is 3. The number of carbonyl (C=O) groups is 1. The van der Waals surface area contributed by atoms with Crippen molar-refractivity contribution in [2.45, 2.75) is 25.8 Å². The highest BCUT2D eigenvalue weighted by atomic mass is 79.9. The zero-order valence-corrected chi connectivity index (χ0v) is 15.3. The number of thiophene rings is 1. The van der Waals surface area contributed by atoms with Gasteiger partial charge in [-0.1, -0.05) is 0 Å². The van der Waals surface area contributed by atoms with Gasteiger partial charge >= 0.3 is 0 Å². The first kappa shape index (κ1) is 17.5. The molecule has 0 radical (unpaired) electrons. The Bertz CT molecular complexity index is 644. The maximum absolute atomic E-state index is 12.3. The molecule has 1 amide bonds. The molecule has 120 valence electrons. The Morgan fingerprint density at radius 3 is 3.00 bits per heavy atom. The highest BCUT2D eigenvalue weighted by Gasteiger charge is 2.25. The first-order valence-corrected chi connectivity index (χ1v) is 8.58. The lowest BCUT2D eigenvalue weighted by molar-refractivity contribution is -0.120. The highest BCUT2D eigenvalue weighted by Crippen LogP contribution is 2.31. The van der Waals surface area contributed by atoms with E-state index in [0.717, 1.165) is 33.7 Å². The van der Waals surface area contributed by atoms with E-state index in [-0.39, 0.29) is 24.2 Å². The van der Waals surface area contributed by atoms with E-state index in [1.807, 2.05) is 18.2 Å². The molecule has 5 nitrogen and oxygen atoms in total. The van der Waals surface area contributed by atoms with Gasteiger partial charge in [0.05, 0.1) is 14.4 Å². The molecule has 2 atom stereocenters. The quantitative estimate of drug-likeness (QED) is 0.730. The number of nitrogens with zero attached hydrogens (tertiary/aromatic N) is 1. The van der Waals surface area contributed by atoms with E-state index in [9.17, 15) is 4.79 Å². The Morgan fingerprint density at radius 2 is 2.32 bits per heavy atom. The van der Waals surface area contributed by atoms with Crippen molar-refractivity contribution in [1.82, 2.24) is 15.5 Å². The standard InChI is InChI=1S/C14H17BrN4OS.ClH/c1-8-6-9(4-5-16-8)14(20)17-13-7-10(18-19-13)11-2-3-12(15)21-11;/h2-3,7-9,16H,4-6H2,1H3,(H2,17,18,19,20);1H/t8-,9-;/m0./s1. The monoisotopic (exact) mass is 404 g/mol. The average molecular weight is 406 g/mol. The van der Waals surface area contributed by atoms with Gasteiger partial charge in [0.1, 0.15) is 0 Å². The number of hydrogen-bond donors (Lipinski definition) is 3. The fraction of sp³-hybridized carbons (Fsp3) is 0.429. The molecule has 0 unspecified atom stereocenters. The molecule has 1 aliphatic rings. The van der Waals surface area contributed by atoms with Gasteiger partial charge in [-0.05, 0) is 54.4 Å². The van der Waals surface area contributed by atoms with Crippen molar-refractivity contribution in [1.29, 1.82) is 0 Å². The van der Waals surface area contributed by atoms with Gasteiger partial charge in [0, 0.05) is 18.0 Å². The third-order valence-corrected chi connectivity index (χ3v) is 5.32. The smallest absolute Gasteiger partial charge is 0.228 e. The lowest BCUT2D eigenvalue weighted by Gasteiger charge is -2.26. The van der Waals surface area contributed by atoms with Gasteiger partial charge in [0.2, 0.25) is 5.91 Å².